The second kappa shape index (κ2) is 8.03. The fourth-order valence-electron chi connectivity index (χ4n) is 3.15. The highest BCUT2D eigenvalue weighted by molar-refractivity contribution is 6.07. The van der Waals surface area contributed by atoms with E-state index < -0.39 is 0 Å². The number of nitrogens with zero attached hydrogens (tertiary/aromatic N) is 3. The van der Waals surface area contributed by atoms with Crippen molar-refractivity contribution in [3.63, 3.8) is 0 Å². The molecule has 6 heteroatoms. The number of rotatable bonds is 3. The smallest absolute Gasteiger partial charge is 0.258 e. The van der Waals surface area contributed by atoms with Gasteiger partial charge in [0, 0.05) is 57.0 Å². The number of anilines is 1. The summed E-state index contributed by atoms with van der Waals surface area (Å²) in [6.45, 7) is 3.61. The van der Waals surface area contributed by atoms with Crippen molar-refractivity contribution < 1.29 is 14.4 Å². The molecule has 1 aliphatic heterocycles. The molecule has 2 aromatic rings. The molecule has 1 heterocycles. The third-order valence-corrected chi connectivity index (χ3v) is 4.82. The Morgan fingerprint density at radius 1 is 0.815 bits per heavy atom. The molecule has 0 atom stereocenters. The molecule has 0 unspecified atom stereocenters. The fourth-order valence-corrected chi connectivity index (χ4v) is 3.15. The highest BCUT2D eigenvalue weighted by Crippen LogP contribution is 2.17. The van der Waals surface area contributed by atoms with Crippen LogP contribution in [0.2, 0.25) is 0 Å². The molecule has 0 aliphatic carbocycles. The van der Waals surface area contributed by atoms with Crippen molar-refractivity contribution in [1.82, 2.24) is 9.80 Å². The molecule has 0 aromatic heterocycles. The molecule has 27 heavy (non-hydrogen) atoms. The Kier molecular flexibility index (Phi) is 5.54. The zero-order chi connectivity index (χ0) is 19.4. The van der Waals surface area contributed by atoms with Gasteiger partial charge in [-0.2, -0.15) is 0 Å². The fraction of sp³-hybridized carbons (Fsp3) is 0.286. The molecule has 1 saturated heterocycles. The zero-order valence-corrected chi connectivity index (χ0v) is 15.6. The Bertz CT molecular complexity index is 843. The minimum atomic E-state index is -0.169. The van der Waals surface area contributed by atoms with Gasteiger partial charge in [0.05, 0.1) is 0 Å². The van der Waals surface area contributed by atoms with Crippen molar-refractivity contribution in [3.05, 3.63) is 65.7 Å². The van der Waals surface area contributed by atoms with Gasteiger partial charge in [-0.05, 0) is 30.3 Å². The lowest BCUT2D eigenvalue weighted by Crippen LogP contribution is -2.50. The zero-order valence-electron chi connectivity index (χ0n) is 15.6. The molecule has 0 spiro atoms. The van der Waals surface area contributed by atoms with E-state index in [0.717, 1.165) is 5.69 Å². The molecule has 6 nitrogen and oxygen atoms in total. The van der Waals surface area contributed by atoms with Crippen molar-refractivity contribution >= 4 is 23.4 Å². The Hall–Kier alpha value is -3.15. The average molecular weight is 365 g/mol. The average Bonchev–Trinajstić information content (AvgIpc) is 2.73. The first-order chi connectivity index (χ1) is 13.0. The third kappa shape index (κ3) is 4.16. The van der Waals surface area contributed by atoms with E-state index in [1.807, 2.05) is 30.3 Å². The van der Waals surface area contributed by atoms with Crippen LogP contribution in [0.3, 0.4) is 0 Å². The van der Waals surface area contributed by atoms with Crippen LogP contribution < -0.4 is 4.90 Å². The first-order valence-corrected chi connectivity index (χ1v) is 8.95. The van der Waals surface area contributed by atoms with Gasteiger partial charge in [-0.15, -0.1) is 0 Å². The van der Waals surface area contributed by atoms with Gasteiger partial charge in [0.1, 0.15) is 0 Å². The number of para-hydroxylation sites is 1. The summed E-state index contributed by atoms with van der Waals surface area (Å²) >= 11 is 0. The van der Waals surface area contributed by atoms with Crippen LogP contribution in [0, 0.1) is 0 Å². The Morgan fingerprint density at radius 3 is 2.04 bits per heavy atom. The number of hydrogen-bond donors (Lipinski definition) is 0. The maximum Gasteiger partial charge on any atom is 0.258 e. The predicted molar refractivity (Wildman–Crippen MR) is 104 cm³/mol. The van der Waals surface area contributed by atoms with Gasteiger partial charge in [-0.1, -0.05) is 24.3 Å². The molecule has 1 fully saturated rings. The summed E-state index contributed by atoms with van der Waals surface area (Å²) in [6, 6.07) is 16.2. The number of amides is 3. The summed E-state index contributed by atoms with van der Waals surface area (Å²) in [6.07, 6.45) is 0. The van der Waals surface area contributed by atoms with Crippen LogP contribution >= 0.6 is 0 Å². The monoisotopic (exact) mass is 365 g/mol. The van der Waals surface area contributed by atoms with Crippen molar-refractivity contribution in [1.29, 1.82) is 0 Å². The molecule has 0 bridgehead atoms. The summed E-state index contributed by atoms with van der Waals surface area (Å²) in [5, 5.41) is 0. The largest absolute Gasteiger partial charge is 0.339 e. The highest BCUT2D eigenvalue weighted by Gasteiger charge is 2.24. The number of piperazine rings is 1. The van der Waals surface area contributed by atoms with E-state index in [-0.39, 0.29) is 17.7 Å². The van der Waals surface area contributed by atoms with Crippen LogP contribution in [-0.2, 0) is 4.79 Å². The summed E-state index contributed by atoms with van der Waals surface area (Å²) < 4.78 is 0. The van der Waals surface area contributed by atoms with E-state index in [2.05, 4.69) is 0 Å². The summed E-state index contributed by atoms with van der Waals surface area (Å²) in [4.78, 5) is 42.0. The van der Waals surface area contributed by atoms with E-state index in [0.29, 0.717) is 37.3 Å². The normalized spacial score (nSPS) is 14.0. The van der Waals surface area contributed by atoms with Gasteiger partial charge >= 0.3 is 0 Å². The quantitative estimate of drug-likeness (QED) is 0.838. The number of benzene rings is 2. The van der Waals surface area contributed by atoms with Crippen molar-refractivity contribution in [2.24, 2.45) is 0 Å². The Morgan fingerprint density at radius 2 is 1.41 bits per heavy atom. The van der Waals surface area contributed by atoms with Crippen LogP contribution in [-0.4, -0.2) is 60.7 Å². The lowest BCUT2D eigenvalue weighted by Gasteiger charge is -2.34. The molecule has 0 saturated carbocycles. The topological polar surface area (TPSA) is 60.9 Å². The second-order valence-electron chi connectivity index (χ2n) is 6.58. The first-order valence-electron chi connectivity index (χ1n) is 8.95. The molecular formula is C21H23N3O3. The predicted octanol–water partition coefficient (Wildman–Crippen LogP) is 2.27. The Balaban J connectivity index is 1.73. The van der Waals surface area contributed by atoms with Crippen LogP contribution in [0.25, 0.3) is 0 Å². The van der Waals surface area contributed by atoms with E-state index >= 15 is 0 Å². The van der Waals surface area contributed by atoms with Crippen LogP contribution in [0.15, 0.2) is 54.6 Å². The SMILES string of the molecule is CC(=O)N1CCN(C(=O)c2cccc(C(=O)N(C)c3ccccc3)c2)CC1. The lowest BCUT2D eigenvalue weighted by atomic mass is 10.1. The second-order valence-corrected chi connectivity index (χ2v) is 6.58. The molecule has 0 N–H and O–H groups in total. The molecule has 2 aromatic carbocycles. The molecule has 1 aliphatic rings. The molecule has 3 rings (SSSR count). The van der Waals surface area contributed by atoms with Crippen molar-refractivity contribution in [2.45, 2.75) is 6.92 Å². The van der Waals surface area contributed by atoms with Crippen LogP contribution in [0.5, 0.6) is 0 Å². The minimum absolute atomic E-state index is 0.0265. The maximum absolute atomic E-state index is 12.8. The first kappa shape index (κ1) is 18.6. The molecule has 140 valence electrons. The third-order valence-electron chi connectivity index (χ3n) is 4.82. The summed E-state index contributed by atoms with van der Waals surface area (Å²) in [5.74, 6) is -0.258. The maximum atomic E-state index is 12.8. The molecule has 3 amide bonds. The standard InChI is InChI=1S/C21H23N3O3/c1-16(25)23-11-13-24(14-12-23)21(27)18-8-6-7-17(15-18)20(26)22(2)19-9-4-3-5-10-19/h3-10,15H,11-14H2,1-2H3. The van der Waals surface area contributed by atoms with Crippen LogP contribution in [0.4, 0.5) is 5.69 Å². The van der Waals surface area contributed by atoms with Gasteiger partial charge in [0.2, 0.25) is 5.91 Å². The van der Waals surface area contributed by atoms with Gasteiger partial charge in [0.25, 0.3) is 11.8 Å². The van der Waals surface area contributed by atoms with Gasteiger partial charge in [0.15, 0.2) is 0 Å². The van der Waals surface area contributed by atoms with Gasteiger partial charge in [-0.25, -0.2) is 0 Å². The van der Waals surface area contributed by atoms with Crippen molar-refractivity contribution in [3.8, 4) is 0 Å². The van der Waals surface area contributed by atoms with Crippen molar-refractivity contribution in [2.75, 3.05) is 38.1 Å². The number of hydrogen-bond acceptors (Lipinski definition) is 3. The molecule has 0 radical (unpaired) electrons. The van der Waals surface area contributed by atoms with Gasteiger partial charge < -0.3 is 14.7 Å². The summed E-state index contributed by atoms with van der Waals surface area (Å²) in [5.41, 5.74) is 1.74. The van der Waals surface area contributed by atoms with Gasteiger partial charge in [-0.3, -0.25) is 14.4 Å². The van der Waals surface area contributed by atoms with E-state index in [4.69, 9.17) is 0 Å². The van der Waals surface area contributed by atoms with E-state index in [1.54, 1.807) is 46.0 Å². The highest BCUT2D eigenvalue weighted by atomic mass is 16.2. The minimum Gasteiger partial charge on any atom is -0.339 e. The number of carbonyl (C=O) groups excluding carboxylic acids is 3. The lowest BCUT2D eigenvalue weighted by molar-refractivity contribution is -0.130. The van der Waals surface area contributed by atoms with Crippen LogP contribution in [0.1, 0.15) is 27.6 Å². The number of carbonyl (C=O) groups is 3. The summed E-state index contributed by atoms with van der Waals surface area (Å²) in [7, 11) is 1.72. The Labute approximate surface area is 159 Å². The van der Waals surface area contributed by atoms with E-state index in [1.165, 1.54) is 6.92 Å². The molecular weight excluding hydrogens is 342 g/mol. The van der Waals surface area contributed by atoms with E-state index in [9.17, 15) is 14.4 Å².